The summed E-state index contributed by atoms with van der Waals surface area (Å²) < 4.78 is 5.59. The van der Waals surface area contributed by atoms with E-state index in [1.165, 1.54) is 0 Å². The summed E-state index contributed by atoms with van der Waals surface area (Å²) in [5.41, 5.74) is 8.19. The van der Waals surface area contributed by atoms with Crippen LogP contribution in [0.1, 0.15) is 12.8 Å². The van der Waals surface area contributed by atoms with Gasteiger partial charge in [0.2, 0.25) is 5.65 Å². The SMILES string of the molecule is N[C@@H]1COCC12CCN(c1cnc3c(-c4cc[nH]c(=O)c4Cl)[nH]nc3n1)CC2.S. The average molecular weight is 436 g/mol. The van der Waals surface area contributed by atoms with E-state index in [1.807, 2.05) is 0 Å². The average Bonchev–Trinajstić information content (AvgIpc) is 3.28. The van der Waals surface area contributed by atoms with Crippen molar-refractivity contribution >= 4 is 42.1 Å². The Morgan fingerprint density at radius 3 is 2.86 bits per heavy atom. The Hall–Kier alpha value is -2.14. The van der Waals surface area contributed by atoms with Crippen LogP contribution in [-0.4, -0.2) is 57.5 Å². The summed E-state index contributed by atoms with van der Waals surface area (Å²) >= 11 is 6.14. The van der Waals surface area contributed by atoms with Gasteiger partial charge < -0.3 is 20.4 Å². The number of H-pyrrole nitrogens is 2. The zero-order valence-electron chi connectivity index (χ0n) is 15.6. The maximum Gasteiger partial charge on any atom is 0.267 e. The maximum atomic E-state index is 11.8. The number of nitrogens with zero attached hydrogens (tertiary/aromatic N) is 4. The van der Waals surface area contributed by atoms with Gasteiger partial charge in [-0.25, -0.2) is 9.97 Å². The van der Waals surface area contributed by atoms with Crippen molar-refractivity contribution in [2.45, 2.75) is 18.9 Å². The van der Waals surface area contributed by atoms with Crippen LogP contribution in [0.5, 0.6) is 0 Å². The van der Waals surface area contributed by atoms with Crippen LogP contribution in [0.3, 0.4) is 0 Å². The first-order chi connectivity index (χ1) is 13.6. The third-order valence-electron chi connectivity index (χ3n) is 5.98. The minimum Gasteiger partial charge on any atom is -0.379 e. The number of halogens is 1. The van der Waals surface area contributed by atoms with Gasteiger partial charge in [0, 0.05) is 36.3 Å². The lowest BCUT2D eigenvalue weighted by Crippen LogP contribution is -2.49. The van der Waals surface area contributed by atoms with E-state index in [0.29, 0.717) is 29.0 Å². The Morgan fingerprint density at radius 2 is 2.14 bits per heavy atom. The third kappa shape index (κ3) is 3.29. The summed E-state index contributed by atoms with van der Waals surface area (Å²) in [4.78, 5) is 25.7. The summed E-state index contributed by atoms with van der Waals surface area (Å²) in [5, 5.41) is 7.27. The lowest BCUT2D eigenvalue weighted by atomic mass is 9.75. The van der Waals surface area contributed by atoms with Crippen LogP contribution in [-0.2, 0) is 4.74 Å². The number of nitrogens with two attached hydrogens (primary N) is 1. The molecule has 2 fully saturated rings. The second-order valence-electron chi connectivity index (χ2n) is 7.50. The molecule has 0 bridgehead atoms. The minimum atomic E-state index is -0.358. The van der Waals surface area contributed by atoms with Crippen LogP contribution in [0, 0.1) is 5.41 Å². The highest BCUT2D eigenvalue weighted by Crippen LogP contribution is 2.39. The molecule has 0 radical (unpaired) electrons. The van der Waals surface area contributed by atoms with Gasteiger partial charge in [-0.3, -0.25) is 9.89 Å². The predicted octanol–water partition coefficient (Wildman–Crippen LogP) is 1.42. The molecular weight excluding hydrogens is 414 g/mol. The molecule has 11 heteroatoms. The van der Waals surface area contributed by atoms with E-state index >= 15 is 0 Å². The number of ether oxygens (including phenoxy) is 1. The number of fused-ring (bicyclic) bond motifs is 1. The van der Waals surface area contributed by atoms with E-state index in [2.05, 4.69) is 30.0 Å². The smallest absolute Gasteiger partial charge is 0.267 e. The fourth-order valence-electron chi connectivity index (χ4n) is 4.15. The van der Waals surface area contributed by atoms with Crippen LogP contribution < -0.4 is 16.2 Å². The van der Waals surface area contributed by atoms with Gasteiger partial charge in [0.05, 0.1) is 25.1 Å². The summed E-state index contributed by atoms with van der Waals surface area (Å²) in [7, 11) is 0. The number of aromatic nitrogens is 5. The molecule has 3 aromatic heterocycles. The highest BCUT2D eigenvalue weighted by molar-refractivity contribution is 7.59. The molecular formula is C18H22ClN7O2S. The Labute approximate surface area is 178 Å². The zero-order chi connectivity index (χ0) is 19.3. The largest absolute Gasteiger partial charge is 0.379 e. The Morgan fingerprint density at radius 1 is 1.34 bits per heavy atom. The summed E-state index contributed by atoms with van der Waals surface area (Å²) in [5.74, 6) is 0.782. The lowest BCUT2D eigenvalue weighted by Gasteiger charge is -2.41. The first-order valence-corrected chi connectivity index (χ1v) is 9.62. The molecule has 2 aliphatic rings. The molecule has 9 nitrogen and oxygen atoms in total. The molecule has 2 aliphatic heterocycles. The number of rotatable bonds is 2. The van der Waals surface area contributed by atoms with Crippen molar-refractivity contribution in [3.8, 4) is 11.3 Å². The second-order valence-corrected chi connectivity index (χ2v) is 7.88. The number of hydrogen-bond donors (Lipinski definition) is 3. The van der Waals surface area contributed by atoms with Crippen LogP contribution in [0.2, 0.25) is 5.02 Å². The van der Waals surface area contributed by atoms with E-state index < -0.39 is 0 Å². The Kier molecular flexibility index (Phi) is 5.28. The first-order valence-electron chi connectivity index (χ1n) is 9.24. The molecule has 0 unspecified atom stereocenters. The minimum absolute atomic E-state index is 0. The molecule has 0 amide bonds. The van der Waals surface area contributed by atoms with E-state index in [0.717, 1.165) is 38.4 Å². The van der Waals surface area contributed by atoms with Gasteiger partial charge in [0.25, 0.3) is 5.56 Å². The Bertz CT molecular complexity index is 1090. The van der Waals surface area contributed by atoms with Crippen molar-refractivity contribution in [2.24, 2.45) is 11.1 Å². The van der Waals surface area contributed by atoms with Crippen molar-refractivity contribution in [1.82, 2.24) is 25.1 Å². The maximum absolute atomic E-state index is 11.8. The molecule has 154 valence electrons. The molecule has 5 rings (SSSR count). The van der Waals surface area contributed by atoms with E-state index in [9.17, 15) is 4.79 Å². The van der Waals surface area contributed by atoms with Gasteiger partial charge in [-0.2, -0.15) is 18.6 Å². The zero-order valence-corrected chi connectivity index (χ0v) is 17.4. The normalized spacial score (nSPS) is 20.9. The molecule has 3 aromatic rings. The fourth-order valence-corrected chi connectivity index (χ4v) is 4.36. The molecule has 29 heavy (non-hydrogen) atoms. The summed E-state index contributed by atoms with van der Waals surface area (Å²) in [6, 6.07) is 1.82. The quantitative estimate of drug-likeness (QED) is 0.555. The predicted molar refractivity (Wildman–Crippen MR) is 116 cm³/mol. The van der Waals surface area contributed by atoms with Crippen molar-refractivity contribution in [2.75, 3.05) is 31.2 Å². The van der Waals surface area contributed by atoms with Crippen LogP contribution in [0.4, 0.5) is 5.82 Å². The molecule has 1 spiro atoms. The van der Waals surface area contributed by atoms with E-state index in [4.69, 9.17) is 22.1 Å². The number of piperidine rings is 1. The fraction of sp³-hybridized carbons (Fsp3) is 0.444. The third-order valence-corrected chi connectivity index (χ3v) is 6.35. The topological polar surface area (TPSA) is 126 Å². The van der Waals surface area contributed by atoms with Crippen molar-refractivity contribution in [1.29, 1.82) is 0 Å². The van der Waals surface area contributed by atoms with Crippen LogP contribution in [0.25, 0.3) is 22.4 Å². The Balaban J connectivity index is 0.00000205. The van der Waals surface area contributed by atoms with Gasteiger partial charge >= 0.3 is 0 Å². The molecule has 0 saturated carbocycles. The van der Waals surface area contributed by atoms with Crippen molar-refractivity contribution < 1.29 is 4.74 Å². The molecule has 2 saturated heterocycles. The number of nitrogens with one attached hydrogen (secondary N) is 2. The molecule has 0 aliphatic carbocycles. The van der Waals surface area contributed by atoms with E-state index in [1.54, 1.807) is 18.5 Å². The van der Waals surface area contributed by atoms with Gasteiger partial charge in [-0.05, 0) is 18.9 Å². The highest BCUT2D eigenvalue weighted by Gasteiger charge is 2.44. The van der Waals surface area contributed by atoms with Gasteiger partial charge in [-0.1, -0.05) is 11.6 Å². The standard InChI is InChI=1S/C18H20ClN7O2.H2S/c19-13-10(1-4-21-17(13)27)14-15-16(25-24-14)23-12(7-22-15)26-5-2-18(3-6-26)9-28-8-11(18)20;/h1,4,7,11H,2-3,5-6,8-9,20H2,(H,21,27)(H,23,24,25);1H2/t11-;/m1./s1. The molecule has 0 aromatic carbocycles. The second kappa shape index (κ2) is 7.60. The molecule has 5 heterocycles. The number of anilines is 1. The lowest BCUT2D eigenvalue weighted by molar-refractivity contribution is 0.131. The van der Waals surface area contributed by atoms with Crippen LogP contribution in [0.15, 0.2) is 23.3 Å². The highest BCUT2D eigenvalue weighted by atomic mass is 35.5. The number of aromatic amines is 2. The van der Waals surface area contributed by atoms with Gasteiger partial charge in [0.15, 0.2) is 0 Å². The van der Waals surface area contributed by atoms with Gasteiger partial charge in [-0.15, -0.1) is 0 Å². The molecule has 4 N–H and O–H groups in total. The van der Waals surface area contributed by atoms with Crippen molar-refractivity contribution in [3.63, 3.8) is 0 Å². The summed E-state index contributed by atoms with van der Waals surface area (Å²) in [6.07, 6.45) is 5.23. The first kappa shape index (κ1) is 20.1. The van der Waals surface area contributed by atoms with Crippen molar-refractivity contribution in [3.05, 3.63) is 33.8 Å². The number of pyridine rings is 1. The van der Waals surface area contributed by atoms with Gasteiger partial charge in [0.1, 0.15) is 16.4 Å². The monoisotopic (exact) mass is 435 g/mol. The van der Waals surface area contributed by atoms with Crippen LogP contribution >= 0.6 is 25.1 Å². The molecule has 1 atom stereocenters. The van der Waals surface area contributed by atoms with E-state index in [-0.39, 0.29) is 35.5 Å². The summed E-state index contributed by atoms with van der Waals surface area (Å²) in [6.45, 7) is 3.10. The number of hydrogen-bond acceptors (Lipinski definition) is 7.